The van der Waals surface area contributed by atoms with E-state index in [1.807, 2.05) is 0 Å². The van der Waals surface area contributed by atoms with Crippen LogP contribution in [0.3, 0.4) is 0 Å². The molecule has 114 valence electrons. The third-order valence-corrected chi connectivity index (χ3v) is 3.36. The molecule has 0 aliphatic carbocycles. The number of halogens is 2. The second-order valence-corrected chi connectivity index (χ2v) is 5.40. The topological polar surface area (TPSA) is 55.4 Å². The molecule has 22 heavy (non-hydrogen) atoms. The van der Waals surface area contributed by atoms with E-state index in [1.165, 1.54) is 6.07 Å². The van der Waals surface area contributed by atoms with Gasteiger partial charge in [-0.3, -0.25) is 9.59 Å². The van der Waals surface area contributed by atoms with Gasteiger partial charge in [-0.25, -0.2) is 4.39 Å². The van der Waals surface area contributed by atoms with Crippen LogP contribution in [0, 0.1) is 5.82 Å². The first kappa shape index (κ1) is 16.2. The number of benzene rings is 2. The highest BCUT2D eigenvalue weighted by molar-refractivity contribution is 9.10. The first-order chi connectivity index (χ1) is 10.6. The van der Waals surface area contributed by atoms with Gasteiger partial charge in [0.1, 0.15) is 17.9 Å². The molecule has 4 nitrogen and oxygen atoms in total. The van der Waals surface area contributed by atoms with Crippen LogP contribution in [-0.2, 0) is 11.3 Å². The van der Waals surface area contributed by atoms with Gasteiger partial charge in [-0.15, -0.1) is 0 Å². The lowest BCUT2D eigenvalue weighted by atomic mass is 10.2. The molecule has 0 fully saturated rings. The Hall–Kier alpha value is -2.21. The zero-order valence-electron chi connectivity index (χ0n) is 11.5. The number of rotatable bonds is 6. The number of ether oxygens (including phenoxy) is 1. The summed E-state index contributed by atoms with van der Waals surface area (Å²) in [7, 11) is 0. The van der Waals surface area contributed by atoms with Crippen LogP contribution in [0.2, 0.25) is 0 Å². The zero-order chi connectivity index (χ0) is 15.9. The SMILES string of the molecule is O=Cc1ccc(OCC(=O)NCc2cc(Br)ccc2F)cc1. The molecule has 0 spiro atoms. The van der Waals surface area contributed by atoms with Gasteiger partial charge in [-0.05, 0) is 42.5 Å². The Morgan fingerprint density at radius 1 is 1.23 bits per heavy atom. The molecule has 0 atom stereocenters. The third-order valence-electron chi connectivity index (χ3n) is 2.87. The highest BCUT2D eigenvalue weighted by Crippen LogP contribution is 2.15. The van der Waals surface area contributed by atoms with Crippen LogP contribution in [0.5, 0.6) is 5.75 Å². The van der Waals surface area contributed by atoms with Crippen molar-refractivity contribution in [1.29, 1.82) is 0 Å². The smallest absolute Gasteiger partial charge is 0.258 e. The van der Waals surface area contributed by atoms with Gasteiger partial charge >= 0.3 is 0 Å². The summed E-state index contributed by atoms with van der Waals surface area (Å²) in [5, 5.41) is 2.58. The van der Waals surface area contributed by atoms with Gasteiger partial charge in [0.15, 0.2) is 6.61 Å². The van der Waals surface area contributed by atoms with Crippen molar-refractivity contribution in [2.75, 3.05) is 6.61 Å². The lowest BCUT2D eigenvalue weighted by Gasteiger charge is -2.08. The molecular weight excluding hydrogens is 353 g/mol. The van der Waals surface area contributed by atoms with Gasteiger partial charge < -0.3 is 10.1 Å². The molecule has 0 aromatic heterocycles. The summed E-state index contributed by atoms with van der Waals surface area (Å²) >= 11 is 3.25. The van der Waals surface area contributed by atoms with E-state index < -0.39 is 0 Å². The van der Waals surface area contributed by atoms with E-state index in [0.717, 1.165) is 10.8 Å². The van der Waals surface area contributed by atoms with E-state index in [0.29, 0.717) is 16.9 Å². The molecule has 1 N–H and O–H groups in total. The molecule has 0 saturated carbocycles. The highest BCUT2D eigenvalue weighted by atomic mass is 79.9. The average molecular weight is 366 g/mol. The molecule has 2 aromatic rings. The van der Waals surface area contributed by atoms with Gasteiger partial charge in [0.2, 0.25) is 0 Å². The normalized spacial score (nSPS) is 10.1. The Labute approximate surface area is 135 Å². The summed E-state index contributed by atoms with van der Waals surface area (Å²) < 4.78 is 19.5. The minimum absolute atomic E-state index is 0.0809. The van der Waals surface area contributed by atoms with E-state index in [1.54, 1.807) is 36.4 Å². The van der Waals surface area contributed by atoms with Crippen LogP contribution in [0.25, 0.3) is 0 Å². The number of nitrogens with one attached hydrogen (secondary N) is 1. The summed E-state index contributed by atoms with van der Waals surface area (Å²) in [5.74, 6) is -0.262. The van der Waals surface area contributed by atoms with Crippen molar-refractivity contribution in [3.63, 3.8) is 0 Å². The molecule has 1 amide bonds. The van der Waals surface area contributed by atoms with E-state index in [4.69, 9.17) is 4.74 Å². The maximum atomic E-state index is 13.5. The Kier molecular flexibility index (Phi) is 5.66. The minimum Gasteiger partial charge on any atom is -0.484 e. The fourth-order valence-corrected chi connectivity index (χ4v) is 2.12. The Morgan fingerprint density at radius 2 is 1.95 bits per heavy atom. The van der Waals surface area contributed by atoms with Crippen LogP contribution in [0.4, 0.5) is 4.39 Å². The summed E-state index contributed by atoms with van der Waals surface area (Å²) in [6.07, 6.45) is 0.725. The van der Waals surface area contributed by atoms with Gasteiger partial charge in [0.05, 0.1) is 0 Å². The van der Waals surface area contributed by atoms with Gasteiger partial charge in [-0.2, -0.15) is 0 Å². The summed E-state index contributed by atoms with van der Waals surface area (Å²) in [5.41, 5.74) is 0.917. The maximum absolute atomic E-state index is 13.5. The summed E-state index contributed by atoms with van der Waals surface area (Å²) in [6.45, 7) is -0.104. The largest absolute Gasteiger partial charge is 0.484 e. The standard InChI is InChI=1S/C16H13BrFNO3/c17-13-3-6-15(18)12(7-13)8-19-16(21)10-22-14-4-1-11(9-20)2-5-14/h1-7,9H,8,10H2,(H,19,21). The van der Waals surface area contributed by atoms with Crippen LogP contribution in [-0.4, -0.2) is 18.8 Å². The van der Waals surface area contributed by atoms with Crippen molar-refractivity contribution >= 4 is 28.1 Å². The predicted molar refractivity (Wildman–Crippen MR) is 83.3 cm³/mol. The van der Waals surface area contributed by atoms with Gasteiger partial charge in [-0.1, -0.05) is 15.9 Å². The lowest BCUT2D eigenvalue weighted by Crippen LogP contribution is -2.28. The van der Waals surface area contributed by atoms with Gasteiger partial charge in [0, 0.05) is 22.1 Å². The molecule has 0 aliphatic rings. The second kappa shape index (κ2) is 7.70. The minimum atomic E-state index is -0.381. The summed E-state index contributed by atoms with van der Waals surface area (Å²) in [4.78, 5) is 22.2. The Bertz CT molecular complexity index is 674. The van der Waals surface area contributed by atoms with Crippen molar-refractivity contribution in [2.24, 2.45) is 0 Å². The van der Waals surface area contributed by atoms with Crippen molar-refractivity contribution in [3.8, 4) is 5.75 Å². The molecule has 0 unspecified atom stereocenters. The van der Waals surface area contributed by atoms with E-state index in [2.05, 4.69) is 21.2 Å². The molecule has 0 bridgehead atoms. The first-order valence-corrected chi connectivity index (χ1v) is 7.26. The quantitative estimate of drug-likeness (QED) is 0.800. The molecule has 6 heteroatoms. The number of hydrogen-bond acceptors (Lipinski definition) is 3. The molecule has 2 rings (SSSR count). The number of hydrogen-bond donors (Lipinski definition) is 1. The molecule has 0 heterocycles. The molecular formula is C16H13BrFNO3. The van der Waals surface area contributed by atoms with Crippen LogP contribution >= 0.6 is 15.9 Å². The number of carbonyl (C=O) groups is 2. The second-order valence-electron chi connectivity index (χ2n) is 4.49. The van der Waals surface area contributed by atoms with Crippen molar-refractivity contribution in [3.05, 3.63) is 63.9 Å². The maximum Gasteiger partial charge on any atom is 0.258 e. The molecule has 0 radical (unpaired) electrons. The fraction of sp³-hybridized carbons (Fsp3) is 0.125. The molecule has 0 saturated heterocycles. The highest BCUT2D eigenvalue weighted by Gasteiger charge is 2.06. The average Bonchev–Trinajstić information content (AvgIpc) is 2.54. The molecule has 0 aliphatic heterocycles. The van der Waals surface area contributed by atoms with E-state index in [9.17, 15) is 14.0 Å². The number of amides is 1. The van der Waals surface area contributed by atoms with Gasteiger partial charge in [0.25, 0.3) is 5.91 Å². The van der Waals surface area contributed by atoms with Crippen molar-refractivity contribution < 1.29 is 18.7 Å². The zero-order valence-corrected chi connectivity index (χ0v) is 13.1. The Morgan fingerprint density at radius 3 is 2.64 bits per heavy atom. The summed E-state index contributed by atoms with van der Waals surface area (Å²) in [6, 6.07) is 10.9. The fourth-order valence-electron chi connectivity index (χ4n) is 1.72. The van der Waals surface area contributed by atoms with Crippen LogP contribution in [0.1, 0.15) is 15.9 Å². The Balaban J connectivity index is 1.82. The number of aldehydes is 1. The number of carbonyl (C=O) groups excluding carboxylic acids is 2. The van der Waals surface area contributed by atoms with Crippen LogP contribution in [0.15, 0.2) is 46.9 Å². The monoisotopic (exact) mass is 365 g/mol. The van der Waals surface area contributed by atoms with E-state index >= 15 is 0 Å². The third kappa shape index (κ3) is 4.66. The van der Waals surface area contributed by atoms with Crippen LogP contribution < -0.4 is 10.1 Å². The van der Waals surface area contributed by atoms with Crippen molar-refractivity contribution in [1.82, 2.24) is 5.32 Å². The first-order valence-electron chi connectivity index (χ1n) is 6.47. The molecule has 2 aromatic carbocycles. The predicted octanol–water partition coefficient (Wildman–Crippen LogP) is 3.10. The lowest BCUT2D eigenvalue weighted by molar-refractivity contribution is -0.123. The van der Waals surface area contributed by atoms with Crippen molar-refractivity contribution in [2.45, 2.75) is 6.54 Å². The van der Waals surface area contributed by atoms with E-state index in [-0.39, 0.29) is 24.9 Å².